The summed E-state index contributed by atoms with van der Waals surface area (Å²) >= 11 is 0. The summed E-state index contributed by atoms with van der Waals surface area (Å²) in [5.41, 5.74) is 0. The van der Waals surface area contributed by atoms with E-state index < -0.39 is 6.10 Å². The quantitative estimate of drug-likeness (QED) is 0.0262. The molecule has 0 saturated heterocycles. The van der Waals surface area contributed by atoms with Gasteiger partial charge in [0.05, 0.1) is 0 Å². The molecule has 0 spiro atoms. The minimum absolute atomic E-state index is 0.0787. The van der Waals surface area contributed by atoms with E-state index in [-0.39, 0.29) is 31.1 Å². The summed E-state index contributed by atoms with van der Waals surface area (Å²) in [6.45, 7) is 6.63. The summed E-state index contributed by atoms with van der Waals surface area (Å²) in [6, 6.07) is 0. The van der Waals surface area contributed by atoms with Gasteiger partial charge in [-0.1, -0.05) is 256 Å². The van der Waals surface area contributed by atoms with Crippen molar-refractivity contribution in [3.05, 3.63) is 48.6 Å². The van der Waals surface area contributed by atoms with E-state index >= 15 is 0 Å². The summed E-state index contributed by atoms with van der Waals surface area (Å²) in [7, 11) is 0. The first-order valence-corrected chi connectivity index (χ1v) is 29.6. The van der Waals surface area contributed by atoms with Gasteiger partial charge >= 0.3 is 17.9 Å². The largest absolute Gasteiger partial charge is 0.462 e. The normalized spacial score (nSPS) is 12.3. The van der Waals surface area contributed by atoms with Crippen LogP contribution in [0.2, 0.25) is 0 Å². The van der Waals surface area contributed by atoms with Gasteiger partial charge in [0.1, 0.15) is 13.2 Å². The molecule has 0 amide bonds. The molecular formula is C62H112O6. The fourth-order valence-corrected chi connectivity index (χ4v) is 8.56. The second kappa shape index (κ2) is 57.0. The highest BCUT2D eigenvalue weighted by Crippen LogP contribution is 2.16. The van der Waals surface area contributed by atoms with Gasteiger partial charge in [-0.05, 0) is 83.5 Å². The molecule has 0 aromatic heterocycles. The number of esters is 3. The third-order valence-corrected chi connectivity index (χ3v) is 13.1. The van der Waals surface area contributed by atoms with Gasteiger partial charge in [-0.3, -0.25) is 14.4 Å². The molecule has 6 heteroatoms. The Labute approximate surface area is 422 Å². The second-order valence-corrected chi connectivity index (χ2v) is 19.9. The van der Waals surface area contributed by atoms with Crippen LogP contribution in [0.3, 0.4) is 0 Å². The Morgan fingerprint density at radius 1 is 0.294 bits per heavy atom. The predicted molar refractivity (Wildman–Crippen MR) is 293 cm³/mol. The Bertz CT molecular complexity index is 1190. The number of carbonyl (C=O) groups is 3. The van der Waals surface area contributed by atoms with Crippen molar-refractivity contribution in [2.45, 2.75) is 316 Å². The van der Waals surface area contributed by atoms with Crippen LogP contribution in [0.25, 0.3) is 0 Å². The maximum atomic E-state index is 12.9. The molecule has 0 aliphatic heterocycles. The Morgan fingerprint density at radius 2 is 0.529 bits per heavy atom. The van der Waals surface area contributed by atoms with Gasteiger partial charge in [-0.15, -0.1) is 0 Å². The number of carbonyl (C=O) groups excluding carboxylic acids is 3. The van der Waals surface area contributed by atoms with Gasteiger partial charge in [-0.2, -0.15) is 0 Å². The molecule has 6 nitrogen and oxygen atoms in total. The van der Waals surface area contributed by atoms with Gasteiger partial charge < -0.3 is 14.2 Å². The van der Waals surface area contributed by atoms with E-state index in [1.54, 1.807) is 0 Å². The van der Waals surface area contributed by atoms with Gasteiger partial charge in [0, 0.05) is 19.3 Å². The monoisotopic (exact) mass is 953 g/mol. The van der Waals surface area contributed by atoms with Crippen molar-refractivity contribution < 1.29 is 28.6 Å². The lowest BCUT2D eigenvalue weighted by molar-refractivity contribution is -0.167. The molecule has 0 bridgehead atoms. The van der Waals surface area contributed by atoms with Crippen LogP contribution in [-0.2, 0) is 28.6 Å². The van der Waals surface area contributed by atoms with Crippen LogP contribution in [0.1, 0.15) is 310 Å². The zero-order chi connectivity index (χ0) is 49.3. The second-order valence-electron chi connectivity index (χ2n) is 19.9. The summed E-state index contributed by atoms with van der Waals surface area (Å²) in [5.74, 6) is -0.882. The Morgan fingerprint density at radius 3 is 0.868 bits per heavy atom. The topological polar surface area (TPSA) is 78.9 Å². The van der Waals surface area contributed by atoms with Gasteiger partial charge in [0.25, 0.3) is 0 Å². The molecule has 0 N–H and O–H groups in total. The molecule has 0 fully saturated rings. The fraction of sp³-hybridized carbons (Fsp3) is 0.823. The van der Waals surface area contributed by atoms with Crippen LogP contribution in [0.5, 0.6) is 0 Å². The average molecular weight is 954 g/mol. The summed E-state index contributed by atoms with van der Waals surface area (Å²) in [4.78, 5) is 38.2. The molecule has 1 atom stereocenters. The Hall–Kier alpha value is -2.63. The average Bonchev–Trinajstić information content (AvgIpc) is 3.34. The molecule has 0 aromatic carbocycles. The smallest absolute Gasteiger partial charge is 0.306 e. The molecule has 0 unspecified atom stereocenters. The maximum absolute atomic E-state index is 12.9. The highest BCUT2D eigenvalue weighted by molar-refractivity contribution is 5.71. The Kier molecular flexibility index (Phi) is 54.8. The lowest BCUT2D eigenvalue weighted by atomic mass is 10.0. The minimum atomic E-state index is -0.780. The summed E-state index contributed by atoms with van der Waals surface area (Å²) < 4.78 is 16.9. The number of hydrogen-bond acceptors (Lipinski definition) is 6. The molecule has 0 aliphatic carbocycles. The standard InChI is InChI=1S/C62H112O6/c1-4-7-10-13-16-19-22-25-28-30-31-32-35-37-40-43-46-49-52-55-61(64)67-58-59(57-66-60(63)54-51-48-45-42-39-36-33-27-24-21-18-15-12-9-6-3)68-62(65)56-53-50-47-44-41-38-34-29-26-23-20-17-14-11-8-5-2/h16,19,25,27-28,31-33,59H,4-15,17-18,20-24,26,29-30,34-58H2,1-3H3/b19-16-,28-25-,32-31-,33-27-/t59-/m1/s1. The molecule has 0 heterocycles. The highest BCUT2D eigenvalue weighted by Gasteiger charge is 2.19. The molecule has 0 saturated carbocycles. The third-order valence-electron chi connectivity index (χ3n) is 13.1. The van der Waals surface area contributed by atoms with Crippen molar-refractivity contribution in [1.29, 1.82) is 0 Å². The fourth-order valence-electron chi connectivity index (χ4n) is 8.56. The number of ether oxygens (including phenoxy) is 3. The van der Waals surface area contributed by atoms with Gasteiger partial charge in [0.2, 0.25) is 0 Å². The number of allylic oxidation sites excluding steroid dienone is 8. The zero-order valence-electron chi connectivity index (χ0n) is 45.4. The van der Waals surface area contributed by atoms with Crippen LogP contribution < -0.4 is 0 Å². The van der Waals surface area contributed by atoms with Crippen LogP contribution in [0.4, 0.5) is 0 Å². The van der Waals surface area contributed by atoms with Crippen LogP contribution in [0, 0.1) is 0 Å². The molecule has 68 heavy (non-hydrogen) atoms. The number of unbranched alkanes of at least 4 members (excludes halogenated alkanes) is 35. The van der Waals surface area contributed by atoms with Crippen molar-refractivity contribution in [2.75, 3.05) is 13.2 Å². The number of rotatable bonds is 54. The summed E-state index contributed by atoms with van der Waals surface area (Å²) in [5, 5.41) is 0. The molecule has 0 rings (SSSR count). The van der Waals surface area contributed by atoms with Crippen molar-refractivity contribution in [2.24, 2.45) is 0 Å². The van der Waals surface area contributed by atoms with E-state index in [9.17, 15) is 14.4 Å². The maximum Gasteiger partial charge on any atom is 0.306 e. The van der Waals surface area contributed by atoms with Crippen molar-refractivity contribution in [1.82, 2.24) is 0 Å². The molecular weight excluding hydrogens is 841 g/mol. The lowest BCUT2D eigenvalue weighted by Crippen LogP contribution is -2.30. The summed E-state index contributed by atoms with van der Waals surface area (Å²) in [6.07, 6.45) is 69.5. The minimum Gasteiger partial charge on any atom is -0.462 e. The third kappa shape index (κ3) is 54.3. The SMILES string of the molecule is CCCCC/C=C\C/C=C\C/C=C\CCCCCCCCC(=O)OC[C@@H](COC(=O)CCCCCCC/C=C\CCCCCCCC)OC(=O)CCCCCCCCCCCCCCCCCC. The van der Waals surface area contributed by atoms with Gasteiger partial charge in [0.15, 0.2) is 6.10 Å². The lowest BCUT2D eigenvalue weighted by Gasteiger charge is -2.18. The van der Waals surface area contributed by atoms with E-state index in [1.807, 2.05) is 0 Å². The first-order chi connectivity index (χ1) is 33.5. The Balaban J connectivity index is 4.38. The number of hydrogen-bond donors (Lipinski definition) is 0. The van der Waals surface area contributed by atoms with Crippen molar-refractivity contribution in [3.8, 4) is 0 Å². The molecule has 396 valence electrons. The van der Waals surface area contributed by atoms with Crippen LogP contribution in [-0.4, -0.2) is 37.2 Å². The van der Waals surface area contributed by atoms with Gasteiger partial charge in [-0.25, -0.2) is 0 Å². The molecule has 0 radical (unpaired) electrons. The molecule has 0 aromatic rings. The first kappa shape index (κ1) is 65.4. The highest BCUT2D eigenvalue weighted by atomic mass is 16.6. The zero-order valence-corrected chi connectivity index (χ0v) is 45.4. The predicted octanol–water partition coefficient (Wildman–Crippen LogP) is 19.8. The van der Waals surface area contributed by atoms with E-state index in [1.165, 1.54) is 186 Å². The van der Waals surface area contributed by atoms with Crippen LogP contribution in [0.15, 0.2) is 48.6 Å². The van der Waals surface area contributed by atoms with Crippen molar-refractivity contribution in [3.63, 3.8) is 0 Å². The van der Waals surface area contributed by atoms with Crippen LogP contribution >= 0.6 is 0 Å². The molecule has 0 aliphatic rings. The van der Waals surface area contributed by atoms with E-state index in [0.717, 1.165) is 83.5 Å². The first-order valence-electron chi connectivity index (χ1n) is 29.6. The van der Waals surface area contributed by atoms with Crippen molar-refractivity contribution >= 4 is 17.9 Å². The van der Waals surface area contributed by atoms with E-state index in [4.69, 9.17) is 14.2 Å². The van der Waals surface area contributed by atoms with E-state index in [0.29, 0.717) is 19.3 Å². The van der Waals surface area contributed by atoms with E-state index in [2.05, 4.69) is 69.4 Å².